The molecule has 2 rings (SSSR count). The molecule has 4 N–H and O–H groups in total. The minimum atomic E-state index is 0.675. The van der Waals surface area contributed by atoms with Gasteiger partial charge in [0, 0.05) is 30.4 Å². The third-order valence-corrected chi connectivity index (χ3v) is 3.67. The first-order valence-corrected chi connectivity index (χ1v) is 7.11. The number of aromatic nitrogens is 4. The highest BCUT2D eigenvalue weighted by Crippen LogP contribution is 2.22. The molecule has 0 fully saturated rings. The van der Waals surface area contributed by atoms with Crippen molar-refractivity contribution in [2.75, 3.05) is 10.7 Å². The van der Waals surface area contributed by atoms with Crippen molar-refractivity contribution >= 4 is 11.6 Å². The predicted molar refractivity (Wildman–Crippen MR) is 83.8 cm³/mol. The Morgan fingerprint density at radius 1 is 1.19 bits per heavy atom. The number of rotatable bonds is 6. The van der Waals surface area contributed by atoms with Gasteiger partial charge in [0.15, 0.2) is 0 Å². The van der Waals surface area contributed by atoms with Crippen molar-refractivity contribution in [2.24, 2.45) is 12.9 Å². The Kier molecular flexibility index (Phi) is 4.74. The summed E-state index contributed by atoms with van der Waals surface area (Å²) < 4.78 is 1.89. The minimum absolute atomic E-state index is 0.675. The molecule has 0 aromatic carbocycles. The first-order valence-electron chi connectivity index (χ1n) is 7.11. The van der Waals surface area contributed by atoms with E-state index in [4.69, 9.17) is 5.84 Å². The molecule has 0 spiro atoms. The smallest absolute Gasteiger partial charge is 0.148 e. The number of hydrazine groups is 1. The van der Waals surface area contributed by atoms with Crippen LogP contribution in [0.15, 0.2) is 6.33 Å². The molecule has 0 amide bonds. The highest BCUT2D eigenvalue weighted by atomic mass is 15.3. The Morgan fingerprint density at radius 3 is 2.48 bits per heavy atom. The van der Waals surface area contributed by atoms with Gasteiger partial charge in [0.05, 0.1) is 5.69 Å². The van der Waals surface area contributed by atoms with E-state index in [-0.39, 0.29) is 0 Å². The van der Waals surface area contributed by atoms with Crippen LogP contribution in [0.25, 0.3) is 0 Å². The van der Waals surface area contributed by atoms with Crippen molar-refractivity contribution < 1.29 is 0 Å². The van der Waals surface area contributed by atoms with Gasteiger partial charge in [-0.25, -0.2) is 15.8 Å². The minimum Gasteiger partial charge on any atom is -0.365 e. The standard InChI is InChI=1S/C14H23N7/c1-5-6-11-13(17-8-18-14(11)19-15)16-7-12-9(2)20-21(4)10(12)3/h8H,5-7,15H2,1-4H3,(H2,16,17,18,19). The van der Waals surface area contributed by atoms with Gasteiger partial charge in [-0.1, -0.05) is 13.3 Å². The number of hydrogen-bond acceptors (Lipinski definition) is 6. The van der Waals surface area contributed by atoms with E-state index in [0.29, 0.717) is 12.4 Å². The summed E-state index contributed by atoms with van der Waals surface area (Å²) in [4.78, 5) is 8.51. The van der Waals surface area contributed by atoms with E-state index in [9.17, 15) is 0 Å². The van der Waals surface area contributed by atoms with Crippen LogP contribution in [0.3, 0.4) is 0 Å². The lowest BCUT2D eigenvalue weighted by Gasteiger charge is -2.13. The fourth-order valence-electron chi connectivity index (χ4n) is 2.42. The van der Waals surface area contributed by atoms with E-state index in [1.54, 1.807) is 0 Å². The molecule has 2 heterocycles. The maximum Gasteiger partial charge on any atom is 0.148 e. The molecule has 2 aromatic heterocycles. The summed E-state index contributed by atoms with van der Waals surface area (Å²) in [5.41, 5.74) is 7.04. The SMILES string of the molecule is CCCc1c(NN)ncnc1NCc1c(C)nn(C)c1C. The molecular formula is C14H23N7. The second-order valence-corrected chi connectivity index (χ2v) is 5.07. The first-order chi connectivity index (χ1) is 10.1. The summed E-state index contributed by atoms with van der Waals surface area (Å²) in [6, 6.07) is 0. The number of nitrogens with one attached hydrogen (secondary N) is 2. The molecular weight excluding hydrogens is 266 g/mol. The second kappa shape index (κ2) is 6.53. The molecule has 7 nitrogen and oxygen atoms in total. The number of nitrogen functional groups attached to an aromatic ring is 1. The quantitative estimate of drug-likeness (QED) is 0.553. The van der Waals surface area contributed by atoms with Crippen molar-refractivity contribution in [3.63, 3.8) is 0 Å². The van der Waals surface area contributed by atoms with Crippen molar-refractivity contribution in [3.05, 3.63) is 28.8 Å². The zero-order valence-electron chi connectivity index (χ0n) is 13.1. The molecule has 0 saturated heterocycles. The maximum absolute atomic E-state index is 5.53. The van der Waals surface area contributed by atoms with Gasteiger partial charge < -0.3 is 10.7 Å². The van der Waals surface area contributed by atoms with Crippen molar-refractivity contribution in [3.8, 4) is 0 Å². The number of aryl methyl sites for hydroxylation is 2. The van der Waals surface area contributed by atoms with Gasteiger partial charge in [0.1, 0.15) is 18.0 Å². The first kappa shape index (κ1) is 15.2. The Morgan fingerprint density at radius 2 is 1.90 bits per heavy atom. The predicted octanol–water partition coefficient (Wildman–Crippen LogP) is 1.68. The van der Waals surface area contributed by atoms with Crippen LogP contribution in [0.2, 0.25) is 0 Å². The van der Waals surface area contributed by atoms with Crippen molar-refractivity contribution in [2.45, 2.75) is 40.2 Å². The van der Waals surface area contributed by atoms with E-state index in [2.05, 4.69) is 39.7 Å². The summed E-state index contributed by atoms with van der Waals surface area (Å²) in [6.45, 7) is 6.89. The average molecular weight is 289 g/mol. The molecule has 0 aliphatic rings. The molecule has 114 valence electrons. The van der Waals surface area contributed by atoms with Crippen LogP contribution in [0, 0.1) is 13.8 Å². The maximum atomic E-state index is 5.53. The zero-order chi connectivity index (χ0) is 15.4. The van der Waals surface area contributed by atoms with Crippen molar-refractivity contribution in [1.82, 2.24) is 19.7 Å². The van der Waals surface area contributed by atoms with Gasteiger partial charge in [-0.15, -0.1) is 0 Å². The molecule has 7 heteroatoms. The molecule has 0 bridgehead atoms. The molecule has 0 aliphatic carbocycles. The van der Waals surface area contributed by atoms with Crippen LogP contribution in [0.5, 0.6) is 0 Å². The van der Waals surface area contributed by atoms with Crippen LogP contribution < -0.4 is 16.6 Å². The van der Waals surface area contributed by atoms with Crippen LogP contribution >= 0.6 is 0 Å². The summed E-state index contributed by atoms with van der Waals surface area (Å²) in [6.07, 6.45) is 3.38. The number of nitrogens with two attached hydrogens (primary N) is 1. The van der Waals surface area contributed by atoms with Crippen LogP contribution in [-0.2, 0) is 20.0 Å². The van der Waals surface area contributed by atoms with E-state index in [1.807, 2.05) is 18.7 Å². The number of anilines is 2. The second-order valence-electron chi connectivity index (χ2n) is 5.07. The lowest BCUT2D eigenvalue weighted by molar-refractivity contribution is 0.730. The highest BCUT2D eigenvalue weighted by Gasteiger charge is 2.13. The zero-order valence-corrected chi connectivity index (χ0v) is 13.1. The molecule has 0 saturated carbocycles. The highest BCUT2D eigenvalue weighted by molar-refractivity contribution is 5.57. The van der Waals surface area contributed by atoms with Gasteiger partial charge in [-0.05, 0) is 20.3 Å². The van der Waals surface area contributed by atoms with Crippen LogP contribution in [0.1, 0.15) is 35.9 Å². The number of hydrogen-bond donors (Lipinski definition) is 3. The third kappa shape index (κ3) is 3.13. The van der Waals surface area contributed by atoms with Crippen LogP contribution in [-0.4, -0.2) is 19.7 Å². The number of nitrogens with zero attached hydrogens (tertiary/aromatic N) is 4. The topological polar surface area (TPSA) is 93.7 Å². The molecule has 21 heavy (non-hydrogen) atoms. The summed E-state index contributed by atoms with van der Waals surface area (Å²) in [7, 11) is 1.95. The molecule has 0 aliphatic heterocycles. The Bertz CT molecular complexity index is 618. The fraction of sp³-hybridized carbons (Fsp3) is 0.500. The third-order valence-electron chi connectivity index (χ3n) is 3.67. The van der Waals surface area contributed by atoms with E-state index in [1.165, 1.54) is 11.9 Å². The Balaban J connectivity index is 2.23. The van der Waals surface area contributed by atoms with Gasteiger partial charge in [0.2, 0.25) is 0 Å². The fourth-order valence-corrected chi connectivity index (χ4v) is 2.42. The molecule has 2 aromatic rings. The average Bonchev–Trinajstić information content (AvgIpc) is 2.71. The van der Waals surface area contributed by atoms with Gasteiger partial charge in [-0.3, -0.25) is 4.68 Å². The lowest BCUT2D eigenvalue weighted by Crippen LogP contribution is -2.14. The Hall–Kier alpha value is -2.15. The molecule has 0 radical (unpaired) electrons. The van der Waals surface area contributed by atoms with E-state index < -0.39 is 0 Å². The van der Waals surface area contributed by atoms with Crippen molar-refractivity contribution in [1.29, 1.82) is 0 Å². The molecule has 0 atom stereocenters. The normalized spacial score (nSPS) is 10.7. The van der Waals surface area contributed by atoms with Crippen LogP contribution in [0.4, 0.5) is 11.6 Å². The summed E-state index contributed by atoms with van der Waals surface area (Å²) >= 11 is 0. The van der Waals surface area contributed by atoms with Gasteiger partial charge in [0.25, 0.3) is 0 Å². The van der Waals surface area contributed by atoms with Gasteiger partial charge >= 0.3 is 0 Å². The monoisotopic (exact) mass is 289 g/mol. The summed E-state index contributed by atoms with van der Waals surface area (Å²) in [5, 5.41) is 7.81. The van der Waals surface area contributed by atoms with E-state index in [0.717, 1.165) is 35.6 Å². The lowest BCUT2D eigenvalue weighted by atomic mass is 10.1. The van der Waals surface area contributed by atoms with E-state index >= 15 is 0 Å². The summed E-state index contributed by atoms with van der Waals surface area (Å²) in [5.74, 6) is 7.02. The largest absolute Gasteiger partial charge is 0.365 e. The Labute approximate surface area is 124 Å². The molecule has 0 unspecified atom stereocenters. The van der Waals surface area contributed by atoms with Gasteiger partial charge in [-0.2, -0.15) is 5.10 Å².